The number of hydrogen-bond donors (Lipinski definition) is 2. The molecule has 2 N–H and O–H groups in total. The molecule has 2 aromatic rings. The summed E-state index contributed by atoms with van der Waals surface area (Å²) in [6, 6.07) is 11.5. The fourth-order valence-corrected chi connectivity index (χ4v) is 3.46. The molecule has 0 fully saturated rings. The molecule has 156 valence electrons. The van der Waals surface area contributed by atoms with E-state index in [2.05, 4.69) is 11.9 Å². The van der Waals surface area contributed by atoms with Gasteiger partial charge in [0.05, 0.1) is 21.3 Å². The van der Waals surface area contributed by atoms with Crippen LogP contribution in [0.15, 0.2) is 72.1 Å². The van der Waals surface area contributed by atoms with E-state index < -0.39 is 5.91 Å². The molecule has 0 aliphatic carbocycles. The molecule has 0 spiro atoms. The van der Waals surface area contributed by atoms with Crippen LogP contribution in [0.2, 0.25) is 10.0 Å². The highest BCUT2D eigenvalue weighted by Gasteiger charge is 2.26. The molecular weight excluding hydrogens is 426 g/mol. The monoisotopic (exact) mass is 446 g/mol. The smallest absolute Gasteiger partial charge is 0.255 e. The van der Waals surface area contributed by atoms with Crippen LogP contribution in [0.5, 0.6) is 0 Å². The second-order valence-corrected chi connectivity index (χ2v) is 7.73. The lowest BCUT2D eigenvalue weighted by Crippen LogP contribution is -2.30. The molecule has 3 rings (SSSR count). The molecule has 30 heavy (non-hydrogen) atoms. The van der Waals surface area contributed by atoms with Gasteiger partial charge in [-0.3, -0.25) is 4.79 Å². The number of benzene rings is 2. The number of aliphatic hydroxyl groups is 1. The Kier molecular flexibility index (Phi) is 6.85. The van der Waals surface area contributed by atoms with Crippen molar-refractivity contribution in [3.05, 3.63) is 99.1 Å². The van der Waals surface area contributed by atoms with E-state index >= 15 is 0 Å². The van der Waals surface area contributed by atoms with Crippen LogP contribution in [0.3, 0.4) is 0 Å². The minimum atomic E-state index is -0.426. The quantitative estimate of drug-likeness (QED) is 0.576. The fraction of sp³-hybridized carbons (Fsp3) is 0.174. The lowest BCUT2D eigenvalue weighted by molar-refractivity contribution is -0.117. The van der Waals surface area contributed by atoms with Crippen molar-refractivity contribution in [1.29, 1.82) is 0 Å². The number of aryl methyl sites for hydroxylation is 1. The third-order valence-corrected chi connectivity index (χ3v) is 5.59. The molecule has 0 atom stereocenters. The second-order valence-electron chi connectivity index (χ2n) is 6.92. The van der Waals surface area contributed by atoms with Gasteiger partial charge in [0.1, 0.15) is 5.82 Å². The maximum atomic E-state index is 13.6. The number of hydrogen-bond acceptors (Lipinski definition) is 3. The average molecular weight is 447 g/mol. The molecule has 0 aromatic heterocycles. The van der Waals surface area contributed by atoms with Gasteiger partial charge in [-0.2, -0.15) is 0 Å². The molecule has 0 saturated heterocycles. The van der Waals surface area contributed by atoms with Crippen LogP contribution in [0, 0.1) is 5.82 Å². The fourth-order valence-electron chi connectivity index (χ4n) is 3.14. The summed E-state index contributed by atoms with van der Waals surface area (Å²) >= 11 is 11.9. The first-order chi connectivity index (χ1) is 14.3. The van der Waals surface area contributed by atoms with E-state index in [1.54, 1.807) is 36.2 Å². The summed E-state index contributed by atoms with van der Waals surface area (Å²) in [4.78, 5) is 14.3. The SMILES string of the molecule is C=C1C(O)=C(C(=O)NCCCc2ccc(Cl)c(Cl)c2)C=C(c2cccc(F)c2)N1C. The Bertz CT molecular complexity index is 1060. The third-order valence-electron chi connectivity index (χ3n) is 4.85. The number of likely N-dealkylation sites (N-methyl/N-ethyl adjacent to an activating group) is 1. The highest BCUT2D eigenvalue weighted by atomic mass is 35.5. The molecule has 0 unspecified atom stereocenters. The zero-order valence-electron chi connectivity index (χ0n) is 16.4. The van der Waals surface area contributed by atoms with Crippen molar-refractivity contribution in [3.63, 3.8) is 0 Å². The molecule has 4 nitrogen and oxygen atoms in total. The Morgan fingerprint density at radius 1 is 1.20 bits per heavy atom. The van der Waals surface area contributed by atoms with Gasteiger partial charge >= 0.3 is 0 Å². The minimum Gasteiger partial charge on any atom is -0.505 e. The zero-order chi connectivity index (χ0) is 21.8. The molecule has 1 amide bonds. The molecule has 0 radical (unpaired) electrons. The van der Waals surface area contributed by atoms with Crippen LogP contribution < -0.4 is 5.32 Å². The first-order valence-electron chi connectivity index (χ1n) is 9.34. The Hall–Kier alpha value is -2.76. The summed E-state index contributed by atoms with van der Waals surface area (Å²) in [7, 11) is 1.70. The molecule has 2 aromatic carbocycles. The highest BCUT2D eigenvalue weighted by Crippen LogP contribution is 2.32. The molecule has 7 heteroatoms. The number of carbonyl (C=O) groups excluding carboxylic acids is 1. The van der Waals surface area contributed by atoms with E-state index in [1.165, 1.54) is 18.2 Å². The van der Waals surface area contributed by atoms with Gasteiger partial charge in [0.15, 0.2) is 5.76 Å². The van der Waals surface area contributed by atoms with Crippen LogP contribution in [-0.4, -0.2) is 29.5 Å². The topological polar surface area (TPSA) is 52.6 Å². The van der Waals surface area contributed by atoms with E-state index in [9.17, 15) is 14.3 Å². The van der Waals surface area contributed by atoms with Gasteiger partial charge in [-0.1, -0.05) is 48.0 Å². The largest absolute Gasteiger partial charge is 0.505 e. The first kappa shape index (κ1) is 21.9. The van der Waals surface area contributed by atoms with Crippen molar-refractivity contribution in [2.24, 2.45) is 0 Å². The van der Waals surface area contributed by atoms with Crippen LogP contribution in [0.4, 0.5) is 4.39 Å². The van der Waals surface area contributed by atoms with Crippen molar-refractivity contribution < 1.29 is 14.3 Å². The summed E-state index contributed by atoms with van der Waals surface area (Å²) in [6.45, 7) is 4.24. The summed E-state index contributed by atoms with van der Waals surface area (Å²) in [6.07, 6.45) is 2.92. The number of aliphatic hydroxyl groups excluding tert-OH is 1. The number of nitrogens with one attached hydrogen (secondary N) is 1. The number of halogens is 3. The Morgan fingerprint density at radius 3 is 2.67 bits per heavy atom. The van der Waals surface area contributed by atoms with Gasteiger partial charge in [0, 0.05) is 24.9 Å². The minimum absolute atomic E-state index is 0.0897. The van der Waals surface area contributed by atoms with E-state index in [0.717, 1.165) is 5.56 Å². The van der Waals surface area contributed by atoms with Crippen LogP contribution in [0.25, 0.3) is 5.70 Å². The summed E-state index contributed by atoms with van der Waals surface area (Å²) < 4.78 is 13.6. The average Bonchev–Trinajstić information content (AvgIpc) is 2.72. The second kappa shape index (κ2) is 9.37. The van der Waals surface area contributed by atoms with Crippen LogP contribution in [-0.2, 0) is 11.2 Å². The standard InChI is InChI=1S/C23H21Cl2FN2O2/c1-14-22(29)18(13-21(28(14)2)16-6-3-7-17(26)12-16)23(30)27-10-4-5-15-8-9-19(24)20(25)11-15/h3,6-9,11-13,29H,1,4-5,10H2,2H3,(H,27,30). The highest BCUT2D eigenvalue weighted by molar-refractivity contribution is 6.42. The van der Waals surface area contributed by atoms with Gasteiger partial charge in [-0.05, 0) is 48.7 Å². The normalized spacial score (nSPS) is 14.1. The van der Waals surface area contributed by atoms with Crippen LogP contribution >= 0.6 is 23.2 Å². The predicted octanol–water partition coefficient (Wildman–Crippen LogP) is 5.49. The van der Waals surface area contributed by atoms with Gasteiger partial charge in [-0.15, -0.1) is 0 Å². The van der Waals surface area contributed by atoms with E-state index in [1.807, 2.05) is 6.07 Å². The Labute approximate surface area is 184 Å². The van der Waals surface area contributed by atoms with Crippen molar-refractivity contribution >= 4 is 34.8 Å². The summed E-state index contributed by atoms with van der Waals surface area (Å²) in [5.74, 6) is -1.02. The molecule has 0 bridgehead atoms. The van der Waals surface area contributed by atoms with Crippen molar-refractivity contribution in [1.82, 2.24) is 10.2 Å². The van der Waals surface area contributed by atoms with Crippen LogP contribution in [0.1, 0.15) is 17.5 Å². The molecule has 1 heterocycles. The number of nitrogens with zero attached hydrogens (tertiary/aromatic N) is 1. The van der Waals surface area contributed by atoms with E-state index in [-0.39, 0.29) is 22.8 Å². The summed E-state index contributed by atoms with van der Waals surface area (Å²) in [5, 5.41) is 14.2. The molecule has 1 aliphatic rings. The van der Waals surface area contributed by atoms with Gasteiger partial charge in [0.2, 0.25) is 0 Å². The maximum Gasteiger partial charge on any atom is 0.255 e. The molecule has 1 aliphatic heterocycles. The van der Waals surface area contributed by atoms with E-state index in [0.29, 0.717) is 40.7 Å². The van der Waals surface area contributed by atoms with Gasteiger partial charge < -0.3 is 15.3 Å². The lowest BCUT2D eigenvalue weighted by Gasteiger charge is -2.29. The van der Waals surface area contributed by atoms with Crippen molar-refractivity contribution in [2.45, 2.75) is 12.8 Å². The zero-order valence-corrected chi connectivity index (χ0v) is 17.9. The number of carbonyl (C=O) groups is 1. The Balaban J connectivity index is 1.69. The summed E-state index contributed by atoms with van der Waals surface area (Å²) in [5.41, 5.74) is 2.51. The Morgan fingerprint density at radius 2 is 1.97 bits per heavy atom. The van der Waals surface area contributed by atoms with Crippen molar-refractivity contribution in [2.75, 3.05) is 13.6 Å². The van der Waals surface area contributed by atoms with Gasteiger partial charge in [0.25, 0.3) is 5.91 Å². The van der Waals surface area contributed by atoms with E-state index in [4.69, 9.17) is 23.2 Å². The predicted molar refractivity (Wildman–Crippen MR) is 119 cm³/mol. The van der Waals surface area contributed by atoms with Crippen molar-refractivity contribution in [3.8, 4) is 0 Å². The lowest BCUT2D eigenvalue weighted by atomic mass is 10.0. The van der Waals surface area contributed by atoms with Gasteiger partial charge in [-0.25, -0.2) is 4.39 Å². The number of amides is 1. The maximum absolute atomic E-state index is 13.6. The molecular formula is C23H21Cl2FN2O2. The third kappa shape index (κ3) is 4.86. The number of rotatable bonds is 6. The molecule has 0 saturated carbocycles. The first-order valence-corrected chi connectivity index (χ1v) is 10.1.